The quantitative estimate of drug-likeness (QED) is 0.709. The van der Waals surface area contributed by atoms with Crippen LogP contribution in [-0.2, 0) is 10.0 Å². The normalized spacial score (nSPS) is 12.8. The van der Waals surface area contributed by atoms with E-state index in [-0.39, 0.29) is 20.8 Å². The molecular weight excluding hydrogens is 384 g/mol. The van der Waals surface area contributed by atoms with Gasteiger partial charge in [-0.1, -0.05) is 49.8 Å². The van der Waals surface area contributed by atoms with Gasteiger partial charge in [-0.25, -0.2) is 13.1 Å². The van der Waals surface area contributed by atoms with Crippen molar-refractivity contribution in [2.24, 2.45) is 5.41 Å². The highest BCUT2D eigenvalue weighted by Crippen LogP contribution is 2.29. The van der Waals surface area contributed by atoms with E-state index in [1.807, 2.05) is 53.7 Å². The van der Waals surface area contributed by atoms with Gasteiger partial charge in [-0.05, 0) is 44.7 Å². The molecule has 0 atom stereocenters. The van der Waals surface area contributed by atoms with Crippen molar-refractivity contribution in [1.29, 1.82) is 0 Å². The molecule has 0 unspecified atom stereocenters. The Kier molecular flexibility index (Phi) is 6.08. The molecule has 0 fully saturated rings. The van der Waals surface area contributed by atoms with E-state index in [9.17, 15) is 13.2 Å². The van der Waals surface area contributed by atoms with Crippen molar-refractivity contribution in [3.8, 4) is 0 Å². The average Bonchev–Trinajstić information content (AvgIpc) is 2.93. The van der Waals surface area contributed by atoms with Gasteiger partial charge in [0.25, 0.3) is 15.9 Å². The van der Waals surface area contributed by atoms with E-state index in [0.29, 0.717) is 12.0 Å². The van der Waals surface area contributed by atoms with Crippen LogP contribution in [-0.4, -0.2) is 30.1 Å². The van der Waals surface area contributed by atoms with Gasteiger partial charge in [0.2, 0.25) is 9.47 Å². The standard InChI is InChI=1S/C18H26N4O3S2/c1-12-7-9-13(10-8-12)14(23)19-15-20-21-16(26-15)27(24,25)22-18(5,6)11-17(2,3)4/h7-10,22H,11H2,1-6H3,(H,19,20,23). The zero-order valence-electron chi connectivity index (χ0n) is 16.5. The molecule has 0 saturated heterocycles. The lowest BCUT2D eigenvalue weighted by Gasteiger charge is -2.32. The van der Waals surface area contributed by atoms with Crippen molar-refractivity contribution in [3.63, 3.8) is 0 Å². The predicted octanol–water partition coefficient (Wildman–Crippen LogP) is 3.59. The molecule has 9 heteroatoms. The first kappa shape index (κ1) is 21.5. The number of aromatic nitrogens is 2. The molecule has 1 amide bonds. The Balaban J connectivity index is 2.11. The third-order valence-corrected chi connectivity index (χ3v) is 6.46. The Morgan fingerprint density at radius 2 is 1.67 bits per heavy atom. The maximum absolute atomic E-state index is 12.6. The molecule has 2 N–H and O–H groups in total. The smallest absolute Gasteiger partial charge is 0.270 e. The number of nitrogens with one attached hydrogen (secondary N) is 2. The Morgan fingerprint density at radius 1 is 1.07 bits per heavy atom. The number of rotatable bonds is 6. The fourth-order valence-corrected chi connectivity index (χ4v) is 5.32. The largest absolute Gasteiger partial charge is 0.296 e. The molecule has 2 aromatic rings. The maximum atomic E-state index is 12.6. The summed E-state index contributed by atoms with van der Waals surface area (Å²) in [5.74, 6) is -0.365. The van der Waals surface area contributed by atoms with Crippen molar-refractivity contribution >= 4 is 32.4 Å². The zero-order chi connectivity index (χ0) is 20.5. The van der Waals surface area contributed by atoms with E-state index in [1.165, 1.54) is 0 Å². The van der Waals surface area contributed by atoms with Crippen LogP contribution in [0.5, 0.6) is 0 Å². The summed E-state index contributed by atoms with van der Waals surface area (Å²) in [5, 5.41) is 10.2. The molecular formula is C18H26N4O3S2. The molecule has 0 saturated carbocycles. The lowest BCUT2D eigenvalue weighted by Crippen LogP contribution is -2.45. The second kappa shape index (κ2) is 7.65. The predicted molar refractivity (Wildman–Crippen MR) is 108 cm³/mol. The first-order valence-corrected chi connectivity index (χ1v) is 10.8. The van der Waals surface area contributed by atoms with E-state index >= 15 is 0 Å². The van der Waals surface area contributed by atoms with Gasteiger partial charge in [0.15, 0.2) is 0 Å². The molecule has 1 heterocycles. The molecule has 0 spiro atoms. The Labute approximate surface area is 164 Å². The molecule has 0 aliphatic rings. The molecule has 0 aliphatic heterocycles. The summed E-state index contributed by atoms with van der Waals surface area (Å²) in [5.41, 5.74) is 0.818. The van der Waals surface area contributed by atoms with Gasteiger partial charge in [0.05, 0.1) is 0 Å². The number of hydrogen-bond acceptors (Lipinski definition) is 6. The van der Waals surface area contributed by atoms with Crippen LogP contribution in [0.3, 0.4) is 0 Å². The van der Waals surface area contributed by atoms with Crippen LogP contribution in [0.25, 0.3) is 0 Å². The number of hydrogen-bond donors (Lipinski definition) is 2. The fraction of sp³-hybridized carbons (Fsp3) is 0.500. The van der Waals surface area contributed by atoms with Crippen molar-refractivity contribution in [2.75, 3.05) is 5.32 Å². The van der Waals surface area contributed by atoms with E-state index in [4.69, 9.17) is 0 Å². The minimum absolute atomic E-state index is 0.0413. The highest BCUT2D eigenvalue weighted by molar-refractivity contribution is 7.91. The van der Waals surface area contributed by atoms with Crippen LogP contribution < -0.4 is 10.0 Å². The number of carbonyl (C=O) groups is 1. The van der Waals surface area contributed by atoms with Gasteiger partial charge in [-0.3, -0.25) is 10.1 Å². The van der Waals surface area contributed by atoms with E-state index in [0.717, 1.165) is 16.9 Å². The van der Waals surface area contributed by atoms with E-state index in [1.54, 1.807) is 12.1 Å². The Bertz CT molecular complexity index is 911. The molecule has 2 rings (SSSR count). The number of amides is 1. The van der Waals surface area contributed by atoms with Crippen LogP contribution in [0.4, 0.5) is 5.13 Å². The van der Waals surface area contributed by atoms with Crippen LogP contribution >= 0.6 is 11.3 Å². The molecule has 27 heavy (non-hydrogen) atoms. The zero-order valence-corrected chi connectivity index (χ0v) is 18.1. The lowest BCUT2D eigenvalue weighted by atomic mass is 9.82. The number of sulfonamides is 1. The average molecular weight is 411 g/mol. The number of carbonyl (C=O) groups excluding carboxylic acids is 1. The van der Waals surface area contributed by atoms with Crippen molar-refractivity contribution in [3.05, 3.63) is 35.4 Å². The molecule has 0 aliphatic carbocycles. The monoisotopic (exact) mass is 410 g/mol. The summed E-state index contributed by atoms with van der Waals surface area (Å²) in [6.45, 7) is 11.7. The molecule has 7 nitrogen and oxygen atoms in total. The number of anilines is 1. The van der Waals surface area contributed by atoms with Crippen molar-refractivity contribution < 1.29 is 13.2 Å². The van der Waals surface area contributed by atoms with Crippen molar-refractivity contribution in [2.45, 2.75) is 57.8 Å². The van der Waals surface area contributed by atoms with Gasteiger partial charge >= 0.3 is 0 Å². The third kappa shape index (κ3) is 6.37. The van der Waals surface area contributed by atoms with Crippen LogP contribution in [0.2, 0.25) is 0 Å². The summed E-state index contributed by atoms with van der Waals surface area (Å²) in [7, 11) is -3.83. The summed E-state index contributed by atoms with van der Waals surface area (Å²) >= 11 is 0.820. The van der Waals surface area contributed by atoms with Gasteiger partial charge < -0.3 is 0 Å². The fourth-order valence-electron chi connectivity index (χ4n) is 3.01. The molecule has 1 aromatic heterocycles. The van der Waals surface area contributed by atoms with E-state index < -0.39 is 15.6 Å². The number of benzene rings is 1. The van der Waals surface area contributed by atoms with Crippen LogP contribution in [0.15, 0.2) is 28.6 Å². The summed E-state index contributed by atoms with van der Waals surface area (Å²) in [6.07, 6.45) is 0.648. The van der Waals surface area contributed by atoms with Crippen LogP contribution in [0.1, 0.15) is 57.0 Å². The van der Waals surface area contributed by atoms with Gasteiger partial charge in [-0.15, -0.1) is 10.2 Å². The van der Waals surface area contributed by atoms with Crippen molar-refractivity contribution in [1.82, 2.24) is 14.9 Å². The summed E-state index contributed by atoms with van der Waals surface area (Å²) in [4.78, 5) is 12.2. The Hall–Kier alpha value is -1.84. The molecule has 0 bridgehead atoms. The van der Waals surface area contributed by atoms with Crippen LogP contribution in [0, 0.1) is 12.3 Å². The third-order valence-electron chi connectivity index (χ3n) is 3.55. The number of nitrogens with zero attached hydrogens (tertiary/aromatic N) is 2. The minimum Gasteiger partial charge on any atom is -0.296 e. The molecule has 0 radical (unpaired) electrons. The maximum Gasteiger partial charge on any atom is 0.270 e. The molecule has 148 valence electrons. The Morgan fingerprint density at radius 3 is 2.22 bits per heavy atom. The SMILES string of the molecule is Cc1ccc(C(=O)Nc2nnc(S(=O)(=O)NC(C)(C)CC(C)(C)C)s2)cc1. The summed E-state index contributed by atoms with van der Waals surface area (Å²) in [6, 6.07) is 7.04. The van der Waals surface area contributed by atoms with E-state index in [2.05, 4.69) is 20.2 Å². The first-order valence-electron chi connectivity index (χ1n) is 8.53. The minimum atomic E-state index is -3.83. The summed E-state index contributed by atoms with van der Waals surface area (Å²) < 4.78 is 27.7. The highest BCUT2D eigenvalue weighted by atomic mass is 32.2. The van der Waals surface area contributed by atoms with Gasteiger partial charge in [0.1, 0.15) is 0 Å². The molecule has 1 aromatic carbocycles. The number of aryl methyl sites for hydroxylation is 1. The first-order chi connectivity index (χ1) is 12.3. The van der Waals surface area contributed by atoms with Gasteiger partial charge in [0, 0.05) is 11.1 Å². The topological polar surface area (TPSA) is 101 Å². The second-order valence-corrected chi connectivity index (χ2v) is 11.3. The van der Waals surface area contributed by atoms with Gasteiger partial charge in [-0.2, -0.15) is 0 Å². The lowest BCUT2D eigenvalue weighted by molar-refractivity contribution is 0.102. The highest BCUT2D eigenvalue weighted by Gasteiger charge is 2.32. The second-order valence-electron chi connectivity index (χ2n) is 8.42.